The van der Waals surface area contributed by atoms with Gasteiger partial charge in [0.25, 0.3) is 0 Å². The number of hydrogen-bond donors (Lipinski definition) is 4. The molecule has 0 aromatic carbocycles. The van der Waals surface area contributed by atoms with Gasteiger partial charge in [-0.15, -0.1) is 11.3 Å². The van der Waals surface area contributed by atoms with Gasteiger partial charge < -0.3 is 25.2 Å². The van der Waals surface area contributed by atoms with Crippen molar-refractivity contribution in [2.45, 2.75) is 57.2 Å². The lowest BCUT2D eigenvalue weighted by Crippen LogP contribution is -2.42. The summed E-state index contributed by atoms with van der Waals surface area (Å²) in [6, 6.07) is 5.21. The normalized spacial score (nSPS) is 20.8. The molecule has 1 aromatic heterocycles. The average Bonchev–Trinajstić information content (AvgIpc) is 3.50. The first-order chi connectivity index (χ1) is 16.1. The van der Waals surface area contributed by atoms with E-state index in [1.54, 1.807) is 0 Å². The van der Waals surface area contributed by atoms with E-state index in [4.69, 9.17) is 25.2 Å². The second kappa shape index (κ2) is 13.7. The molecule has 3 rings (SSSR count). The number of likely N-dealkylation sites (N-methyl/N-ethyl adjacent to an activating group) is 1. The summed E-state index contributed by atoms with van der Waals surface area (Å²) in [6.45, 7) is 10.2. The summed E-state index contributed by atoms with van der Waals surface area (Å²) >= 11 is 1.89. The first kappa shape index (κ1) is 28.2. The van der Waals surface area contributed by atoms with Gasteiger partial charge in [-0.3, -0.25) is 19.4 Å². The van der Waals surface area contributed by atoms with Crippen LogP contribution in [0.4, 0.5) is 0 Å². The average molecular weight is 501 g/mol. The van der Waals surface area contributed by atoms with Crippen LogP contribution in [0.1, 0.15) is 43.9 Å². The van der Waals surface area contributed by atoms with Crippen LogP contribution in [0.2, 0.25) is 0 Å². The fourth-order valence-electron chi connectivity index (χ4n) is 4.45. The van der Waals surface area contributed by atoms with Crippen molar-refractivity contribution in [1.82, 2.24) is 9.80 Å². The third-order valence-electron chi connectivity index (χ3n) is 6.16. The van der Waals surface area contributed by atoms with Crippen molar-refractivity contribution in [2.75, 3.05) is 39.4 Å². The standard InChI is InChI=1S/C17H28N2OS.C6H8O7/c1-2-19-8-3-5-16(19)12-18(11-15-7-9-20-14-15)13-17-6-4-10-21-17;7-3(8)1-6(13,5(11)12)2-4(9)10/h4,6,10,15-16H,2-3,5,7-9,11-14H2,1H3;13H,1-2H2,(H,7,8)(H,9,10)(H,11,12). The smallest absolute Gasteiger partial charge is 0.336 e. The molecule has 0 bridgehead atoms. The maximum Gasteiger partial charge on any atom is 0.336 e. The van der Waals surface area contributed by atoms with Crippen LogP contribution in [0.5, 0.6) is 0 Å². The molecule has 0 radical (unpaired) electrons. The van der Waals surface area contributed by atoms with Crippen LogP contribution in [0.3, 0.4) is 0 Å². The molecule has 0 amide bonds. The molecule has 0 spiro atoms. The third kappa shape index (κ3) is 9.30. The number of hydrogen-bond acceptors (Lipinski definition) is 8. The summed E-state index contributed by atoms with van der Waals surface area (Å²) in [6.07, 6.45) is 1.69. The van der Waals surface area contributed by atoms with Crippen LogP contribution >= 0.6 is 11.3 Å². The summed E-state index contributed by atoms with van der Waals surface area (Å²) in [5.41, 5.74) is -2.74. The first-order valence-electron chi connectivity index (χ1n) is 11.6. The van der Waals surface area contributed by atoms with Gasteiger partial charge in [-0.2, -0.15) is 0 Å². The number of aliphatic hydroxyl groups is 1. The van der Waals surface area contributed by atoms with Crippen molar-refractivity contribution in [2.24, 2.45) is 5.92 Å². The number of nitrogens with zero attached hydrogens (tertiary/aromatic N) is 2. The Hall–Kier alpha value is -2.05. The summed E-state index contributed by atoms with van der Waals surface area (Å²) in [7, 11) is 0. The molecule has 0 saturated carbocycles. The SMILES string of the molecule is CCN1CCCC1CN(Cc1cccs1)CC1CCOC1.O=C(O)CC(O)(CC(=O)O)C(=O)O. The van der Waals surface area contributed by atoms with Gasteiger partial charge in [0.05, 0.1) is 19.4 Å². The van der Waals surface area contributed by atoms with Crippen LogP contribution in [0.15, 0.2) is 17.5 Å². The molecule has 11 heteroatoms. The Morgan fingerprint density at radius 2 is 1.88 bits per heavy atom. The van der Waals surface area contributed by atoms with Gasteiger partial charge in [0, 0.05) is 37.2 Å². The van der Waals surface area contributed by atoms with Gasteiger partial charge in [-0.1, -0.05) is 13.0 Å². The topological polar surface area (TPSA) is 148 Å². The lowest BCUT2D eigenvalue weighted by Gasteiger charge is -2.31. The second-order valence-electron chi connectivity index (χ2n) is 8.91. The maximum absolute atomic E-state index is 10.3. The number of carboxylic acids is 3. The number of ether oxygens (including phenoxy) is 1. The monoisotopic (exact) mass is 500 g/mol. The van der Waals surface area contributed by atoms with Gasteiger partial charge in [-0.25, -0.2) is 4.79 Å². The van der Waals surface area contributed by atoms with E-state index in [2.05, 4.69) is 34.2 Å². The maximum atomic E-state index is 10.3. The quantitative estimate of drug-likeness (QED) is 0.335. The molecule has 192 valence electrons. The van der Waals surface area contributed by atoms with Crippen LogP contribution < -0.4 is 0 Å². The molecule has 2 unspecified atom stereocenters. The molecule has 3 heterocycles. The summed E-state index contributed by atoms with van der Waals surface area (Å²) < 4.78 is 5.57. The van der Waals surface area contributed by atoms with E-state index >= 15 is 0 Å². The number of aliphatic carboxylic acids is 3. The minimum Gasteiger partial charge on any atom is -0.481 e. The Balaban J connectivity index is 0.000000273. The van der Waals surface area contributed by atoms with Crippen LogP contribution in [0, 0.1) is 5.92 Å². The Morgan fingerprint density at radius 3 is 2.38 bits per heavy atom. The molecular formula is C23H36N2O8S. The fraction of sp³-hybridized carbons (Fsp3) is 0.696. The molecule has 2 atom stereocenters. The Morgan fingerprint density at radius 1 is 1.18 bits per heavy atom. The lowest BCUT2D eigenvalue weighted by atomic mass is 9.96. The molecule has 0 aliphatic carbocycles. The van der Waals surface area contributed by atoms with Crippen LogP contribution in [-0.2, 0) is 25.7 Å². The second-order valence-corrected chi connectivity index (χ2v) is 9.94. The highest BCUT2D eigenvalue weighted by Crippen LogP contribution is 2.22. The van der Waals surface area contributed by atoms with E-state index in [0.717, 1.165) is 31.7 Å². The fourth-order valence-corrected chi connectivity index (χ4v) is 5.20. The number of likely N-dealkylation sites (tertiary alicyclic amines) is 1. The zero-order chi connectivity index (χ0) is 25.1. The van der Waals surface area contributed by atoms with Crippen LogP contribution in [0.25, 0.3) is 0 Å². The van der Waals surface area contributed by atoms with Crippen LogP contribution in [-0.4, -0.2) is 99.2 Å². The minimum absolute atomic E-state index is 0.737. The van der Waals surface area contributed by atoms with E-state index in [0.29, 0.717) is 0 Å². The highest BCUT2D eigenvalue weighted by molar-refractivity contribution is 7.09. The van der Waals surface area contributed by atoms with Crippen molar-refractivity contribution < 1.29 is 39.5 Å². The van der Waals surface area contributed by atoms with Gasteiger partial charge in [0.2, 0.25) is 0 Å². The van der Waals surface area contributed by atoms with E-state index in [1.807, 2.05) is 11.3 Å². The van der Waals surface area contributed by atoms with Crippen molar-refractivity contribution in [3.63, 3.8) is 0 Å². The molecule has 10 nitrogen and oxygen atoms in total. The highest BCUT2D eigenvalue weighted by atomic mass is 32.1. The lowest BCUT2D eigenvalue weighted by molar-refractivity contribution is -0.170. The van der Waals surface area contributed by atoms with E-state index in [-0.39, 0.29) is 0 Å². The molecule has 1 aromatic rings. The van der Waals surface area contributed by atoms with Crippen molar-refractivity contribution in [3.8, 4) is 0 Å². The number of carboxylic acid groups (broad SMARTS) is 3. The van der Waals surface area contributed by atoms with E-state index < -0.39 is 36.4 Å². The first-order valence-corrected chi connectivity index (χ1v) is 12.5. The Bertz CT molecular complexity index is 766. The highest BCUT2D eigenvalue weighted by Gasteiger charge is 2.40. The minimum atomic E-state index is -2.74. The predicted molar refractivity (Wildman–Crippen MR) is 126 cm³/mol. The summed E-state index contributed by atoms with van der Waals surface area (Å²) in [5.74, 6) is -4.28. The summed E-state index contributed by atoms with van der Waals surface area (Å²) in [5, 5.41) is 36.0. The van der Waals surface area contributed by atoms with Crippen molar-refractivity contribution in [3.05, 3.63) is 22.4 Å². The van der Waals surface area contributed by atoms with Gasteiger partial charge >= 0.3 is 17.9 Å². The number of rotatable bonds is 12. The number of carbonyl (C=O) groups is 3. The summed E-state index contributed by atoms with van der Waals surface area (Å²) in [4.78, 5) is 37.3. The molecule has 2 aliphatic rings. The number of thiophene rings is 1. The molecule has 2 fully saturated rings. The Labute approximate surface area is 203 Å². The van der Waals surface area contributed by atoms with Gasteiger partial charge in [0.15, 0.2) is 5.60 Å². The predicted octanol–water partition coefficient (Wildman–Crippen LogP) is 1.82. The van der Waals surface area contributed by atoms with Gasteiger partial charge in [0.1, 0.15) is 0 Å². The zero-order valence-corrected chi connectivity index (χ0v) is 20.4. The molecule has 4 N–H and O–H groups in total. The third-order valence-corrected chi connectivity index (χ3v) is 7.02. The van der Waals surface area contributed by atoms with Gasteiger partial charge in [-0.05, 0) is 49.7 Å². The largest absolute Gasteiger partial charge is 0.481 e. The Kier molecular flexibility index (Phi) is 11.4. The molecule has 2 aliphatic heterocycles. The molecule has 2 saturated heterocycles. The molecule has 34 heavy (non-hydrogen) atoms. The van der Waals surface area contributed by atoms with E-state index in [1.165, 1.54) is 50.3 Å². The zero-order valence-electron chi connectivity index (χ0n) is 19.6. The van der Waals surface area contributed by atoms with Crippen molar-refractivity contribution in [1.29, 1.82) is 0 Å². The molecular weight excluding hydrogens is 464 g/mol. The van der Waals surface area contributed by atoms with E-state index in [9.17, 15) is 14.4 Å². The van der Waals surface area contributed by atoms with Crippen molar-refractivity contribution >= 4 is 29.2 Å².